The fourth-order valence-electron chi connectivity index (χ4n) is 0. The van der Waals surface area contributed by atoms with Crippen LogP contribution in [0, 0.1) is 43.0 Å². The third kappa shape index (κ3) is 139. The predicted molar refractivity (Wildman–Crippen MR) is 28.9 cm³/mol. The minimum absolute atomic E-state index is 0. The molecule has 0 atom stereocenters. The van der Waals surface area contributed by atoms with Crippen molar-refractivity contribution in [3.63, 3.8) is 0 Å². The molecule has 6 heavy (non-hydrogen) atoms. The Labute approximate surface area is 68.9 Å². The molecule has 0 amide bonds. The van der Waals surface area contributed by atoms with Crippen LogP contribution in [0.15, 0.2) is 26.3 Å². The van der Waals surface area contributed by atoms with Crippen LogP contribution in [-0.2, 0) is 0 Å². The fraction of sp³-hybridized carbons (Fsp3) is 0. The van der Waals surface area contributed by atoms with Crippen molar-refractivity contribution in [1.29, 1.82) is 0 Å². The van der Waals surface area contributed by atoms with Gasteiger partial charge in [0.05, 0.1) is 0 Å². The zero-order valence-electron chi connectivity index (χ0n) is 4.41. The monoisotopic (exact) mass is 210 g/mol. The molecular formula is C5H11La-. The first-order valence-corrected chi connectivity index (χ1v) is 1.000. The van der Waals surface area contributed by atoms with Crippen LogP contribution in [0.4, 0.5) is 0 Å². The number of rotatable bonds is 0. The minimum atomic E-state index is 0. The quantitative estimate of drug-likeness (QED) is 0.424. The summed E-state index contributed by atoms with van der Waals surface area (Å²) in [6.07, 6.45) is 0. The third-order valence-electron chi connectivity index (χ3n) is 0. The van der Waals surface area contributed by atoms with E-state index in [0.29, 0.717) is 0 Å². The Morgan fingerprint density at radius 1 is 0.667 bits per heavy atom. The summed E-state index contributed by atoms with van der Waals surface area (Å²) in [4.78, 5) is 0. The summed E-state index contributed by atoms with van der Waals surface area (Å²) in [5.74, 6) is 0. The molecule has 0 aliphatic rings. The maximum Gasteiger partial charge on any atom is 0 e. The molecule has 0 spiro atoms. The van der Waals surface area contributed by atoms with Crippen LogP contribution in [0.3, 0.4) is 0 Å². The van der Waals surface area contributed by atoms with E-state index in [1.165, 1.54) is 0 Å². The topological polar surface area (TPSA) is 0 Å². The average Bonchev–Trinajstić information content (AvgIpc) is 1.50. The van der Waals surface area contributed by atoms with Gasteiger partial charge in [0.1, 0.15) is 0 Å². The standard InChI is InChI=1S/2C2H4.CH3.La/c2*1-2;;/h2*1-2H2;1H3;/q;;-1;. The zero-order chi connectivity index (χ0) is 4.00. The van der Waals surface area contributed by atoms with Crippen LogP contribution >= 0.6 is 0 Å². The normalized spacial score (nSPS) is 1.33. The van der Waals surface area contributed by atoms with Gasteiger partial charge in [-0.3, -0.25) is 0 Å². The van der Waals surface area contributed by atoms with E-state index in [1.807, 2.05) is 0 Å². The largest absolute Gasteiger partial charge is 0.358 e. The van der Waals surface area contributed by atoms with E-state index in [9.17, 15) is 0 Å². The summed E-state index contributed by atoms with van der Waals surface area (Å²) in [7, 11) is 0. The zero-order valence-corrected chi connectivity index (χ0v) is 8.03. The van der Waals surface area contributed by atoms with Gasteiger partial charge in [-0.05, 0) is 0 Å². The van der Waals surface area contributed by atoms with Crippen molar-refractivity contribution in [3.05, 3.63) is 33.7 Å². The molecule has 0 bridgehead atoms. The summed E-state index contributed by atoms with van der Waals surface area (Å²) < 4.78 is 0. The predicted octanol–water partition coefficient (Wildman–Crippen LogP) is 2.05. The molecule has 0 N–H and O–H groups in total. The molecule has 0 fully saturated rings. The summed E-state index contributed by atoms with van der Waals surface area (Å²) in [6, 6.07) is 0. The summed E-state index contributed by atoms with van der Waals surface area (Å²) in [5, 5.41) is 0. The number of hydrogen-bond acceptors (Lipinski definition) is 0. The van der Waals surface area contributed by atoms with Crippen molar-refractivity contribution in [2.24, 2.45) is 0 Å². The van der Waals surface area contributed by atoms with Gasteiger partial charge in [-0.25, -0.2) is 0 Å². The van der Waals surface area contributed by atoms with Crippen molar-refractivity contribution < 1.29 is 35.6 Å². The van der Waals surface area contributed by atoms with Crippen molar-refractivity contribution in [2.75, 3.05) is 0 Å². The summed E-state index contributed by atoms with van der Waals surface area (Å²) in [6.45, 7) is 12.0. The van der Waals surface area contributed by atoms with Gasteiger partial charge >= 0.3 is 0 Å². The Kier molecular flexibility index (Phi) is 1360. The van der Waals surface area contributed by atoms with Crippen LogP contribution in [0.25, 0.3) is 0 Å². The molecule has 0 rings (SSSR count). The molecule has 0 heterocycles. The second-order valence-electron chi connectivity index (χ2n) is 0. The van der Waals surface area contributed by atoms with Crippen LogP contribution in [0.2, 0.25) is 0 Å². The van der Waals surface area contributed by atoms with Gasteiger partial charge in [0.25, 0.3) is 0 Å². The molecule has 0 aromatic rings. The van der Waals surface area contributed by atoms with Gasteiger partial charge in [0.15, 0.2) is 0 Å². The molecule has 35 valence electrons. The van der Waals surface area contributed by atoms with Crippen LogP contribution < -0.4 is 0 Å². The maximum atomic E-state index is 3.00. The van der Waals surface area contributed by atoms with Gasteiger partial charge in [-0.2, -0.15) is 0 Å². The Bertz CT molecular complexity index is 5.90. The van der Waals surface area contributed by atoms with Crippen LogP contribution in [0.1, 0.15) is 0 Å². The first kappa shape index (κ1) is 30.0. The molecule has 1 radical (unpaired) electrons. The van der Waals surface area contributed by atoms with E-state index >= 15 is 0 Å². The SMILES string of the molecule is C=C.C=C.[CH3-].[La]. The Hall–Kier alpha value is 0.675. The van der Waals surface area contributed by atoms with E-state index in [1.54, 1.807) is 0 Å². The molecule has 0 aliphatic carbocycles. The van der Waals surface area contributed by atoms with E-state index in [-0.39, 0.29) is 43.0 Å². The molecule has 1 heteroatoms. The Morgan fingerprint density at radius 2 is 0.667 bits per heavy atom. The maximum absolute atomic E-state index is 3.00. The summed E-state index contributed by atoms with van der Waals surface area (Å²) >= 11 is 0. The van der Waals surface area contributed by atoms with Crippen molar-refractivity contribution in [2.45, 2.75) is 0 Å². The van der Waals surface area contributed by atoms with E-state index in [0.717, 1.165) is 0 Å². The minimum Gasteiger partial charge on any atom is -0.358 e. The molecule has 0 saturated carbocycles. The van der Waals surface area contributed by atoms with E-state index < -0.39 is 0 Å². The van der Waals surface area contributed by atoms with Gasteiger partial charge in [0, 0.05) is 35.6 Å². The molecule has 0 saturated heterocycles. The molecular weight excluding hydrogens is 199 g/mol. The second kappa shape index (κ2) is 272. The molecule has 0 nitrogen and oxygen atoms in total. The number of hydrogen-bond donors (Lipinski definition) is 0. The smallest absolute Gasteiger partial charge is 0 e. The first-order valence-electron chi connectivity index (χ1n) is 1.000. The molecule has 0 aromatic carbocycles. The van der Waals surface area contributed by atoms with Crippen molar-refractivity contribution in [1.82, 2.24) is 0 Å². The van der Waals surface area contributed by atoms with E-state index in [2.05, 4.69) is 26.3 Å². The van der Waals surface area contributed by atoms with Gasteiger partial charge in [-0.15, -0.1) is 26.3 Å². The second-order valence-corrected chi connectivity index (χ2v) is 0. The van der Waals surface area contributed by atoms with E-state index in [4.69, 9.17) is 0 Å². The Balaban J connectivity index is -0.00000000500. The fourth-order valence-corrected chi connectivity index (χ4v) is 0. The molecule has 0 aliphatic heterocycles. The average molecular weight is 210 g/mol. The third-order valence-corrected chi connectivity index (χ3v) is 0. The van der Waals surface area contributed by atoms with Gasteiger partial charge in [-0.1, -0.05) is 0 Å². The Morgan fingerprint density at radius 3 is 0.667 bits per heavy atom. The van der Waals surface area contributed by atoms with Crippen molar-refractivity contribution in [3.8, 4) is 0 Å². The van der Waals surface area contributed by atoms with Gasteiger partial charge < -0.3 is 7.43 Å². The van der Waals surface area contributed by atoms with Crippen LogP contribution in [0.5, 0.6) is 0 Å². The van der Waals surface area contributed by atoms with Crippen LogP contribution in [-0.4, -0.2) is 0 Å². The molecule has 0 unspecified atom stereocenters. The first-order chi connectivity index (χ1) is 2.00. The molecule has 0 aromatic heterocycles. The van der Waals surface area contributed by atoms with Crippen molar-refractivity contribution >= 4 is 0 Å². The van der Waals surface area contributed by atoms with Gasteiger partial charge in [0.2, 0.25) is 0 Å². The summed E-state index contributed by atoms with van der Waals surface area (Å²) in [5.41, 5.74) is 0.